The monoisotopic (exact) mass is 409 g/mol. The molecular weight excluding hydrogens is 397 g/mol. The zero-order valence-electron chi connectivity index (χ0n) is 13.9. The van der Waals surface area contributed by atoms with Crippen LogP contribution in [0.15, 0.2) is 35.4 Å². The summed E-state index contributed by atoms with van der Waals surface area (Å²) in [6.45, 7) is 0. The van der Waals surface area contributed by atoms with Gasteiger partial charge in [-0.25, -0.2) is 9.89 Å². The molecule has 0 unspecified atom stereocenters. The van der Waals surface area contributed by atoms with E-state index >= 15 is 0 Å². The molecule has 1 aromatic rings. The average Bonchev–Trinajstić information content (AvgIpc) is 2.99. The van der Waals surface area contributed by atoms with Gasteiger partial charge in [0, 0.05) is 22.4 Å². The molecule has 0 radical (unpaired) electrons. The van der Waals surface area contributed by atoms with Gasteiger partial charge in [-0.3, -0.25) is 9.59 Å². The van der Waals surface area contributed by atoms with Crippen LogP contribution in [0, 0.1) is 0 Å². The molecule has 3 rings (SSSR count). The summed E-state index contributed by atoms with van der Waals surface area (Å²) < 4.78 is 6.19. The summed E-state index contributed by atoms with van der Waals surface area (Å²) in [6, 6.07) is 3.87. The minimum Gasteiger partial charge on any atom is -0.481 e. The molecule has 2 aliphatic rings. The van der Waals surface area contributed by atoms with Gasteiger partial charge < -0.3 is 14.4 Å². The number of carbonyl (C=O) groups excluding carboxylic acids is 1. The second-order valence-electron chi connectivity index (χ2n) is 5.71. The zero-order chi connectivity index (χ0) is 19.7. The number of methoxy groups -OCH3 is 1. The van der Waals surface area contributed by atoms with Crippen LogP contribution >= 0.6 is 23.2 Å². The van der Waals surface area contributed by atoms with Crippen LogP contribution in [-0.4, -0.2) is 38.9 Å². The Morgan fingerprint density at radius 1 is 1.33 bits per heavy atom. The van der Waals surface area contributed by atoms with E-state index in [0.717, 1.165) is 0 Å². The first-order valence-electron chi connectivity index (χ1n) is 7.66. The fraction of sp³-hybridized carbons (Fsp3) is 0.176. The van der Waals surface area contributed by atoms with Crippen molar-refractivity contribution >= 4 is 35.1 Å². The Kier molecular flexibility index (Phi) is 5.20. The number of pyridine rings is 1. The normalized spacial score (nSPS) is 12.1. The second-order valence-corrected chi connectivity index (χ2v) is 6.55. The number of H-pyrrole nitrogens is 1. The first kappa shape index (κ1) is 18.9. The highest BCUT2D eigenvalue weighted by molar-refractivity contribution is 6.35. The molecule has 0 saturated carbocycles. The lowest BCUT2D eigenvalue weighted by molar-refractivity contribution is -0.137. The van der Waals surface area contributed by atoms with Gasteiger partial charge in [0.05, 0.1) is 25.1 Å². The Morgan fingerprint density at radius 3 is 2.70 bits per heavy atom. The highest BCUT2D eigenvalue weighted by atomic mass is 35.5. The van der Waals surface area contributed by atoms with Crippen molar-refractivity contribution in [3.8, 4) is 11.3 Å². The van der Waals surface area contributed by atoms with Crippen LogP contribution in [0.25, 0.3) is 11.3 Å². The second kappa shape index (κ2) is 7.42. The highest BCUT2D eigenvalue weighted by Gasteiger charge is 2.26. The first-order chi connectivity index (χ1) is 12.8. The molecule has 0 spiro atoms. The number of aliphatic carboxylic acids is 1. The lowest BCUT2D eigenvalue weighted by Gasteiger charge is -2.22. The number of halogens is 2. The van der Waals surface area contributed by atoms with Gasteiger partial charge in [-0.1, -0.05) is 29.3 Å². The third-order valence-corrected chi connectivity index (χ3v) is 4.60. The van der Waals surface area contributed by atoms with Gasteiger partial charge in [0.2, 0.25) is 0 Å². The number of carboxylic acid groups (broad SMARTS) is 1. The quantitative estimate of drug-likeness (QED) is 0.626. The molecule has 0 aromatic heterocycles. The summed E-state index contributed by atoms with van der Waals surface area (Å²) in [7, 11) is 1.20. The van der Waals surface area contributed by atoms with E-state index in [1.54, 1.807) is 12.1 Å². The Bertz CT molecular complexity index is 1060. The standard InChI is InChI=1S/C17H13Cl2N3O5/c1-27-17(26)11-7-22(6-10-15(11)20-21-16(10)25)13(5-14(23)24)9-3-2-8(18)4-12(9)19/h2-4,6-7,13H,5H2,1H3,(H,21,25)(H,23,24)/t13-/m0/s1. The number of aromatic nitrogens is 3. The Hall–Kier alpha value is -2.84. The van der Waals surface area contributed by atoms with Crippen LogP contribution in [-0.2, 0) is 9.53 Å². The Labute approximate surface area is 162 Å². The van der Waals surface area contributed by atoms with Gasteiger partial charge in [-0.05, 0) is 17.7 Å². The number of hydrogen-bond donors (Lipinski definition) is 2. The number of carbonyl (C=O) groups is 2. The average molecular weight is 410 g/mol. The number of fused-ring (bicyclic) bond motifs is 1. The van der Waals surface area contributed by atoms with Crippen molar-refractivity contribution in [2.45, 2.75) is 12.5 Å². The molecule has 0 bridgehead atoms. The van der Waals surface area contributed by atoms with Crippen molar-refractivity contribution in [2.75, 3.05) is 7.11 Å². The molecule has 1 aromatic carbocycles. The third-order valence-electron chi connectivity index (χ3n) is 4.04. The van der Waals surface area contributed by atoms with Crippen molar-refractivity contribution in [3.63, 3.8) is 0 Å². The fourth-order valence-corrected chi connectivity index (χ4v) is 3.34. The number of rotatable bonds is 5. The molecule has 0 amide bonds. The first-order valence-corrected chi connectivity index (χ1v) is 8.42. The topological polar surface area (TPSA) is 114 Å². The lowest BCUT2D eigenvalue weighted by Crippen LogP contribution is -2.19. The number of nitrogens with one attached hydrogen (secondary N) is 1. The molecule has 2 aliphatic heterocycles. The summed E-state index contributed by atoms with van der Waals surface area (Å²) in [6.07, 6.45) is 2.46. The fourth-order valence-electron chi connectivity index (χ4n) is 2.81. The lowest BCUT2D eigenvalue weighted by atomic mass is 10.0. The molecule has 140 valence electrons. The highest BCUT2D eigenvalue weighted by Crippen LogP contribution is 2.33. The number of esters is 1. The van der Waals surface area contributed by atoms with E-state index in [4.69, 9.17) is 27.9 Å². The van der Waals surface area contributed by atoms with E-state index in [9.17, 15) is 19.5 Å². The maximum Gasteiger partial charge on any atom is 0.341 e. The third kappa shape index (κ3) is 3.67. The minimum atomic E-state index is -1.09. The van der Waals surface area contributed by atoms with Crippen LogP contribution in [0.2, 0.25) is 10.0 Å². The van der Waals surface area contributed by atoms with Crippen molar-refractivity contribution in [1.29, 1.82) is 0 Å². The summed E-state index contributed by atoms with van der Waals surface area (Å²) in [5.74, 6) is -1.80. The molecule has 2 N–H and O–H groups in total. The maximum atomic E-state index is 12.1. The van der Waals surface area contributed by atoms with E-state index < -0.39 is 23.5 Å². The van der Waals surface area contributed by atoms with Crippen LogP contribution in [0.4, 0.5) is 0 Å². The van der Waals surface area contributed by atoms with Crippen LogP contribution in [0.5, 0.6) is 0 Å². The van der Waals surface area contributed by atoms with Gasteiger partial charge in [0.25, 0.3) is 5.56 Å². The van der Waals surface area contributed by atoms with Crippen molar-refractivity contribution in [1.82, 2.24) is 14.8 Å². The summed E-state index contributed by atoms with van der Waals surface area (Å²) >= 11 is 12.2. The summed E-state index contributed by atoms with van der Waals surface area (Å²) in [5.41, 5.74) is 0.243. The van der Waals surface area contributed by atoms with Gasteiger partial charge in [0.1, 0.15) is 11.3 Å². The van der Waals surface area contributed by atoms with Gasteiger partial charge in [-0.2, -0.15) is 5.10 Å². The molecule has 8 nitrogen and oxygen atoms in total. The molecule has 10 heteroatoms. The largest absolute Gasteiger partial charge is 0.481 e. The van der Waals surface area contributed by atoms with Crippen LogP contribution in [0.1, 0.15) is 28.4 Å². The molecule has 0 aliphatic carbocycles. The maximum absolute atomic E-state index is 12.1. The SMILES string of the molecule is COC(=O)c1cn([C@@H](CC(=O)O)c2ccc(Cl)cc2Cl)cc2c(=O)[nH]nc1-2. The number of aromatic amines is 1. The number of hydrogen-bond acceptors (Lipinski definition) is 5. The zero-order valence-corrected chi connectivity index (χ0v) is 15.4. The molecule has 1 atom stereocenters. The Morgan fingerprint density at radius 2 is 2.07 bits per heavy atom. The summed E-state index contributed by atoms with van der Waals surface area (Å²) in [5, 5.41) is 16.1. The predicted octanol–water partition coefficient (Wildman–Crippen LogP) is 2.83. The summed E-state index contributed by atoms with van der Waals surface area (Å²) in [4.78, 5) is 35.6. The van der Waals surface area contributed by atoms with Crippen molar-refractivity contribution < 1.29 is 19.4 Å². The number of nitrogens with zero attached hydrogens (tertiary/aromatic N) is 2. The Balaban J connectivity index is 2.25. The smallest absolute Gasteiger partial charge is 0.341 e. The molecular formula is C17H13Cl2N3O5. The van der Waals surface area contributed by atoms with E-state index in [-0.39, 0.29) is 28.3 Å². The minimum absolute atomic E-state index is 0.0221. The molecule has 0 saturated heterocycles. The van der Waals surface area contributed by atoms with E-state index in [2.05, 4.69) is 10.2 Å². The molecule has 2 heterocycles. The molecule has 27 heavy (non-hydrogen) atoms. The van der Waals surface area contributed by atoms with Crippen molar-refractivity contribution in [2.24, 2.45) is 0 Å². The van der Waals surface area contributed by atoms with E-state index in [1.807, 2.05) is 0 Å². The van der Waals surface area contributed by atoms with Gasteiger partial charge in [-0.15, -0.1) is 0 Å². The van der Waals surface area contributed by atoms with Gasteiger partial charge >= 0.3 is 11.9 Å². The van der Waals surface area contributed by atoms with Gasteiger partial charge in [0.15, 0.2) is 0 Å². The van der Waals surface area contributed by atoms with E-state index in [1.165, 1.54) is 30.1 Å². The van der Waals surface area contributed by atoms with Crippen LogP contribution < -0.4 is 5.56 Å². The van der Waals surface area contributed by atoms with E-state index in [0.29, 0.717) is 10.6 Å². The molecule has 0 fully saturated rings. The number of benzene rings is 1. The number of ether oxygens (including phenoxy) is 1. The van der Waals surface area contributed by atoms with Crippen LogP contribution in [0.3, 0.4) is 0 Å². The predicted molar refractivity (Wildman–Crippen MR) is 97.7 cm³/mol. The number of carboxylic acids is 1. The van der Waals surface area contributed by atoms with Crippen molar-refractivity contribution in [3.05, 3.63) is 62.1 Å².